The van der Waals surface area contributed by atoms with Gasteiger partial charge in [0.2, 0.25) is 5.91 Å². The zero-order chi connectivity index (χ0) is 16.3. The summed E-state index contributed by atoms with van der Waals surface area (Å²) in [7, 11) is 0. The molecule has 0 radical (unpaired) electrons. The molecule has 5 nitrogen and oxygen atoms in total. The van der Waals surface area contributed by atoms with Crippen molar-refractivity contribution in [1.82, 2.24) is 9.78 Å². The maximum atomic E-state index is 12.1. The average molecular weight is 340 g/mol. The zero-order valence-electron chi connectivity index (χ0n) is 12.1. The van der Waals surface area contributed by atoms with Crippen LogP contribution in [0.15, 0.2) is 35.3 Å². The van der Waals surface area contributed by atoms with Gasteiger partial charge in [0.15, 0.2) is 0 Å². The second-order valence-corrected chi connectivity index (χ2v) is 5.84. The Morgan fingerprint density at radius 1 is 1.32 bits per heavy atom. The monoisotopic (exact) mass is 339 g/mol. The van der Waals surface area contributed by atoms with Crippen LogP contribution in [0.2, 0.25) is 10.0 Å². The van der Waals surface area contributed by atoms with E-state index in [1.54, 1.807) is 0 Å². The molecule has 0 fully saturated rings. The summed E-state index contributed by atoms with van der Waals surface area (Å²) in [5.41, 5.74) is 1.14. The topological polar surface area (TPSA) is 64.0 Å². The Morgan fingerprint density at radius 3 is 2.68 bits per heavy atom. The van der Waals surface area contributed by atoms with Gasteiger partial charge < -0.3 is 5.32 Å². The molecule has 0 aliphatic carbocycles. The van der Waals surface area contributed by atoms with Crippen molar-refractivity contribution < 1.29 is 4.79 Å². The van der Waals surface area contributed by atoms with Gasteiger partial charge in [-0.2, -0.15) is 5.10 Å². The predicted molar refractivity (Wildman–Crippen MR) is 87.7 cm³/mol. The molecule has 0 aliphatic rings. The fourth-order valence-electron chi connectivity index (χ4n) is 2.00. The van der Waals surface area contributed by atoms with Crippen LogP contribution in [0.25, 0.3) is 0 Å². The molecule has 7 heteroatoms. The summed E-state index contributed by atoms with van der Waals surface area (Å²) < 4.78 is 0.974. The Labute approximate surface area is 137 Å². The molecule has 0 saturated carbocycles. The van der Waals surface area contributed by atoms with Gasteiger partial charge in [0.05, 0.1) is 11.2 Å². The minimum Gasteiger partial charge on any atom is -0.324 e. The number of anilines is 1. The largest absolute Gasteiger partial charge is 0.324 e. The van der Waals surface area contributed by atoms with Gasteiger partial charge in [0.1, 0.15) is 11.6 Å². The summed E-state index contributed by atoms with van der Waals surface area (Å²) in [6, 6.07) is 7.52. The standard InChI is InChI=1S/C15H15Cl2N3O2/c1-9(2)10-5-3-4-6-12(10)19-13(21)8-20-15(22)14(17)11(16)7-18-20/h3-7,9H,8H2,1-2H3,(H,19,21). The number of para-hydroxylation sites is 1. The summed E-state index contributed by atoms with van der Waals surface area (Å²) in [5.74, 6) is -0.0941. The number of halogens is 2. The molecule has 1 aromatic carbocycles. The van der Waals surface area contributed by atoms with Gasteiger partial charge in [0, 0.05) is 5.69 Å². The number of hydrogen-bond acceptors (Lipinski definition) is 3. The molecular formula is C15H15Cl2N3O2. The first-order valence-corrected chi connectivity index (χ1v) is 7.45. The van der Waals surface area contributed by atoms with E-state index in [1.165, 1.54) is 6.20 Å². The number of amides is 1. The number of carbonyl (C=O) groups excluding carboxylic acids is 1. The van der Waals surface area contributed by atoms with Crippen LogP contribution in [-0.4, -0.2) is 15.7 Å². The molecule has 0 aliphatic heterocycles. The molecule has 2 aromatic rings. The number of benzene rings is 1. The highest BCUT2D eigenvalue weighted by atomic mass is 35.5. The molecule has 116 valence electrons. The average Bonchev–Trinajstić information content (AvgIpc) is 2.48. The lowest BCUT2D eigenvalue weighted by atomic mass is 10.0. The third-order valence-electron chi connectivity index (χ3n) is 3.09. The van der Waals surface area contributed by atoms with Gasteiger partial charge in [-0.15, -0.1) is 0 Å². The van der Waals surface area contributed by atoms with Crippen molar-refractivity contribution in [3.63, 3.8) is 0 Å². The van der Waals surface area contributed by atoms with Crippen LogP contribution >= 0.6 is 23.2 Å². The van der Waals surface area contributed by atoms with Gasteiger partial charge in [-0.05, 0) is 17.5 Å². The van der Waals surface area contributed by atoms with Crippen LogP contribution in [0.4, 0.5) is 5.69 Å². The molecule has 0 atom stereocenters. The first kappa shape index (κ1) is 16.5. The maximum Gasteiger partial charge on any atom is 0.287 e. The van der Waals surface area contributed by atoms with Crippen molar-refractivity contribution in [3.05, 3.63) is 56.4 Å². The molecule has 1 N–H and O–H groups in total. The van der Waals surface area contributed by atoms with Crippen LogP contribution in [-0.2, 0) is 11.3 Å². The maximum absolute atomic E-state index is 12.1. The molecule has 0 saturated heterocycles. The molecule has 1 aromatic heterocycles. The minimum absolute atomic E-state index is 0.0634. The van der Waals surface area contributed by atoms with Crippen molar-refractivity contribution >= 4 is 34.8 Å². The van der Waals surface area contributed by atoms with E-state index >= 15 is 0 Å². The van der Waals surface area contributed by atoms with Gasteiger partial charge >= 0.3 is 0 Å². The molecule has 22 heavy (non-hydrogen) atoms. The van der Waals surface area contributed by atoms with Crippen LogP contribution in [0, 0.1) is 0 Å². The van der Waals surface area contributed by atoms with Gasteiger partial charge in [0.25, 0.3) is 5.56 Å². The summed E-state index contributed by atoms with van der Waals surface area (Å²) >= 11 is 11.5. The van der Waals surface area contributed by atoms with Gasteiger partial charge in [-0.1, -0.05) is 55.2 Å². The Hall–Kier alpha value is -1.85. The van der Waals surface area contributed by atoms with Crippen molar-refractivity contribution in [2.45, 2.75) is 26.3 Å². The minimum atomic E-state index is -0.596. The highest BCUT2D eigenvalue weighted by Gasteiger charge is 2.13. The fourth-order valence-corrected chi connectivity index (χ4v) is 2.27. The van der Waals surface area contributed by atoms with E-state index < -0.39 is 5.56 Å². The zero-order valence-corrected chi connectivity index (χ0v) is 13.6. The summed E-state index contributed by atoms with van der Waals surface area (Å²) in [4.78, 5) is 24.0. The van der Waals surface area contributed by atoms with Crippen LogP contribution < -0.4 is 10.9 Å². The molecule has 0 spiro atoms. The van der Waals surface area contributed by atoms with Crippen LogP contribution in [0.1, 0.15) is 25.3 Å². The highest BCUT2D eigenvalue weighted by molar-refractivity contribution is 6.41. The number of rotatable bonds is 4. The van der Waals surface area contributed by atoms with Crippen molar-refractivity contribution in [2.24, 2.45) is 0 Å². The Kier molecular flexibility index (Phi) is 5.21. The van der Waals surface area contributed by atoms with E-state index in [4.69, 9.17) is 23.2 Å². The fraction of sp³-hybridized carbons (Fsp3) is 0.267. The number of nitrogens with zero attached hydrogens (tertiary/aromatic N) is 2. The van der Waals surface area contributed by atoms with Crippen molar-refractivity contribution in [2.75, 3.05) is 5.32 Å². The molecule has 0 unspecified atom stereocenters. The summed E-state index contributed by atoms with van der Waals surface area (Å²) in [6.45, 7) is 3.84. The molecule has 1 heterocycles. The summed E-state index contributed by atoms with van der Waals surface area (Å²) in [6.07, 6.45) is 1.24. The number of carbonyl (C=O) groups is 1. The first-order chi connectivity index (χ1) is 10.4. The number of aromatic nitrogens is 2. The van der Waals surface area contributed by atoms with Crippen LogP contribution in [0.3, 0.4) is 0 Å². The Bertz CT molecular complexity index is 757. The normalized spacial score (nSPS) is 10.8. The lowest BCUT2D eigenvalue weighted by Crippen LogP contribution is -2.30. The van der Waals surface area contributed by atoms with Gasteiger partial charge in [-0.3, -0.25) is 9.59 Å². The predicted octanol–water partition coefficient (Wildman–Crippen LogP) is 3.31. The van der Waals surface area contributed by atoms with Crippen molar-refractivity contribution in [3.8, 4) is 0 Å². The van der Waals surface area contributed by atoms with Crippen LogP contribution in [0.5, 0.6) is 0 Å². The van der Waals surface area contributed by atoms with E-state index in [-0.39, 0.29) is 28.4 Å². The molecule has 2 rings (SSSR count). The first-order valence-electron chi connectivity index (χ1n) is 6.70. The number of hydrogen-bond donors (Lipinski definition) is 1. The van der Waals surface area contributed by atoms with E-state index in [0.29, 0.717) is 0 Å². The van der Waals surface area contributed by atoms with Gasteiger partial charge in [-0.25, -0.2) is 4.68 Å². The van der Waals surface area contributed by atoms with E-state index in [9.17, 15) is 9.59 Å². The van der Waals surface area contributed by atoms with E-state index in [0.717, 1.165) is 15.9 Å². The second kappa shape index (κ2) is 6.94. The summed E-state index contributed by atoms with van der Waals surface area (Å²) in [5, 5.41) is 6.51. The third-order valence-corrected chi connectivity index (χ3v) is 3.84. The smallest absolute Gasteiger partial charge is 0.287 e. The lowest BCUT2D eigenvalue weighted by Gasteiger charge is -2.13. The SMILES string of the molecule is CC(C)c1ccccc1NC(=O)Cn1ncc(Cl)c(Cl)c1=O. The Balaban J connectivity index is 2.18. The van der Waals surface area contributed by atoms with Crippen molar-refractivity contribution in [1.29, 1.82) is 0 Å². The van der Waals surface area contributed by atoms with E-state index in [2.05, 4.69) is 10.4 Å². The number of nitrogens with one attached hydrogen (secondary N) is 1. The Morgan fingerprint density at radius 2 is 2.00 bits per heavy atom. The third kappa shape index (κ3) is 3.67. The second-order valence-electron chi connectivity index (χ2n) is 5.06. The highest BCUT2D eigenvalue weighted by Crippen LogP contribution is 2.23. The molecule has 1 amide bonds. The lowest BCUT2D eigenvalue weighted by molar-refractivity contribution is -0.117. The molecular weight excluding hydrogens is 325 g/mol. The van der Waals surface area contributed by atoms with E-state index in [1.807, 2.05) is 38.1 Å². The molecule has 0 bridgehead atoms. The quantitative estimate of drug-likeness (QED) is 0.929.